The molecule has 1 aliphatic rings. The molecule has 1 saturated heterocycles. The Morgan fingerprint density at radius 3 is 2.90 bits per heavy atom. The molecule has 3 rings (SSSR count). The second-order valence-electron chi connectivity index (χ2n) is 5.82. The van der Waals surface area contributed by atoms with Gasteiger partial charge in [0.2, 0.25) is 0 Å². The van der Waals surface area contributed by atoms with E-state index in [0.29, 0.717) is 15.6 Å². The van der Waals surface area contributed by atoms with Crippen molar-refractivity contribution in [1.82, 2.24) is 4.90 Å². The van der Waals surface area contributed by atoms with Crippen LogP contribution >= 0.6 is 34.7 Å². The highest BCUT2D eigenvalue weighted by Gasteiger charge is 2.31. The number of thiophene rings is 1. The van der Waals surface area contributed by atoms with Crippen LogP contribution in [0.1, 0.15) is 23.5 Å². The molecule has 6 heteroatoms. The third-order valence-electron chi connectivity index (χ3n) is 3.60. The van der Waals surface area contributed by atoms with Crippen molar-refractivity contribution in [2.75, 3.05) is 24.6 Å². The summed E-state index contributed by atoms with van der Waals surface area (Å²) in [4.78, 5) is 15.3. The number of nitrogen functional groups attached to an aromatic ring is 1. The minimum absolute atomic E-state index is 0.0400. The Kier molecular flexibility index (Phi) is 3.84. The zero-order chi connectivity index (χ0) is 15.2. The molecule has 1 aliphatic heterocycles. The highest BCUT2D eigenvalue weighted by Crippen LogP contribution is 2.37. The lowest BCUT2D eigenvalue weighted by molar-refractivity contribution is 0.0754. The summed E-state index contributed by atoms with van der Waals surface area (Å²) in [7, 11) is 0. The van der Waals surface area contributed by atoms with E-state index in [2.05, 4.69) is 13.8 Å². The van der Waals surface area contributed by atoms with E-state index in [1.807, 2.05) is 34.9 Å². The van der Waals surface area contributed by atoms with E-state index in [4.69, 9.17) is 17.3 Å². The molecule has 1 aromatic carbocycles. The number of fused-ring (bicyclic) bond motifs is 1. The van der Waals surface area contributed by atoms with Gasteiger partial charge >= 0.3 is 0 Å². The zero-order valence-electron chi connectivity index (χ0n) is 12.0. The lowest BCUT2D eigenvalue weighted by atomic mass is 10.1. The molecule has 1 amide bonds. The predicted octanol–water partition coefficient (Wildman–Crippen LogP) is 4.10. The molecule has 0 radical (unpaired) electrons. The van der Waals surface area contributed by atoms with E-state index in [0.717, 1.165) is 28.9 Å². The first-order chi connectivity index (χ1) is 9.87. The summed E-state index contributed by atoms with van der Waals surface area (Å²) in [5.74, 6) is 1.01. The van der Waals surface area contributed by atoms with Gasteiger partial charge in [0.25, 0.3) is 5.91 Å². The van der Waals surface area contributed by atoms with Crippen LogP contribution in [0.5, 0.6) is 0 Å². The van der Waals surface area contributed by atoms with Crippen LogP contribution in [-0.2, 0) is 0 Å². The van der Waals surface area contributed by atoms with Crippen LogP contribution in [0.25, 0.3) is 10.1 Å². The van der Waals surface area contributed by atoms with Gasteiger partial charge in [0.15, 0.2) is 0 Å². The summed E-state index contributed by atoms with van der Waals surface area (Å²) in [5.41, 5.74) is 6.76. The number of benzene rings is 1. The Bertz CT molecular complexity index is 711. The maximum Gasteiger partial charge on any atom is 0.266 e. The normalized spacial score (nSPS) is 18.1. The quantitative estimate of drug-likeness (QED) is 0.850. The number of nitrogens with two attached hydrogens (primary N) is 1. The molecule has 0 bridgehead atoms. The van der Waals surface area contributed by atoms with Crippen molar-refractivity contribution in [2.45, 2.75) is 18.6 Å². The number of anilines is 1. The summed E-state index contributed by atoms with van der Waals surface area (Å²) in [5, 5.41) is 1.58. The first kappa shape index (κ1) is 15.0. The molecule has 1 aromatic heterocycles. The molecule has 21 heavy (non-hydrogen) atoms. The van der Waals surface area contributed by atoms with Crippen LogP contribution in [0.2, 0.25) is 5.02 Å². The molecular weight excluding hydrogens is 324 g/mol. The number of rotatable bonds is 1. The predicted molar refractivity (Wildman–Crippen MR) is 93.7 cm³/mol. The first-order valence-electron chi connectivity index (χ1n) is 6.78. The maximum atomic E-state index is 12.8. The lowest BCUT2D eigenvalue weighted by Crippen LogP contribution is -2.46. The number of amides is 1. The Labute approximate surface area is 137 Å². The van der Waals surface area contributed by atoms with Gasteiger partial charge in [-0.3, -0.25) is 4.79 Å². The molecular formula is C15H17ClN2OS2. The maximum absolute atomic E-state index is 12.8. The summed E-state index contributed by atoms with van der Waals surface area (Å²) < 4.78 is 1.07. The van der Waals surface area contributed by atoms with Crippen molar-refractivity contribution in [1.29, 1.82) is 0 Å². The number of nitrogens with zero attached hydrogens (tertiary/aromatic N) is 1. The number of hydrogen-bond acceptors (Lipinski definition) is 4. The van der Waals surface area contributed by atoms with Gasteiger partial charge in [0.05, 0.1) is 5.69 Å². The molecule has 0 spiro atoms. The van der Waals surface area contributed by atoms with Gasteiger partial charge in [0, 0.05) is 38.7 Å². The molecule has 112 valence electrons. The first-order valence-corrected chi connectivity index (χ1v) is 8.96. The van der Waals surface area contributed by atoms with Crippen LogP contribution in [0.3, 0.4) is 0 Å². The van der Waals surface area contributed by atoms with Crippen LogP contribution < -0.4 is 5.73 Å². The van der Waals surface area contributed by atoms with E-state index in [1.165, 1.54) is 11.3 Å². The van der Waals surface area contributed by atoms with Crippen LogP contribution in [0.15, 0.2) is 18.2 Å². The van der Waals surface area contributed by atoms with Crippen molar-refractivity contribution in [2.24, 2.45) is 0 Å². The van der Waals surface area contributed by atoms with Crippen LogP contribution in [0.4, 0.5) is 5.69 Å². The van der Waals surface area contributed by atoms with E-state index in [-0.39, 0.29) is 10.7 Å². The number of hydrogen-bond donors (Lipinski definition) is 1. The summed E-state index contributed by atoms with van der Waals surface area (Å²) in [6, 6.07) is 5.56. The van der Waals surface area contributed by atoms with Gasteiger partial charge < -0.3 is 10.6 Å². The average molecular weight is 341 g/mol. The SMILES string of the molecule is CC1(C)CN(C(=O)c2sc3cc(Cl)ccc3c2N)CCS1. The third-order valence-corrected chi connectivity index (χ3v) is 6.29. The summed E-state index contributed by atoms with van der Waals surface area (Å²) >= 11 is 9.35. The van der Waals surface area contributed by atoms with Gasteiger partial charge in [-0.2, -0.15) is 11.8 Å². The van der Waals surface area contributed by atoms with Crippen molar-refractivity contribution in [3.05, 3.63) is 28.1 Å². The van der Waals surface area contributed by atoms with Crippen molar-refractivity contribution < 1.29 is 4.79 Å². The molecule has 0 atom stereocenters. The molecule has 0 aliphatic carbocycles. The monoisotopic (exact) mass is 340 g/mol. The Morgan fingerprint density at radius 1 is 1.43 bits per heavy atom. The van der Waals surface area contributed by atoms with E-state index in [9.17, 15) is 4.79 Å². The standard InChI is InChI=1S/C15H17ClN2OS2/c1-15(2)8-18(5-6-20-15)14(19)13-12(17)10-4-3-9(16)7-11(10)21-13/h3-4,7H,5-6,8,17H2,1-2H3. The topological polar surface area (TPSA) is 46.3 Å². The van der Waals surface area contributed by atoms with E-state index < -0.39 is 0 Å². The van der Waals surface area contributed by atoms with Crippen molar-refractivity contribution in [3.8, 4) is 0 Å². The average Bonchev–Trinajstić information content (AvgIpc) is 2.73. The molecule has 2 N–H and O–H groups in total. The molecule has 3 nitrogen and oxygen atoms in total. The number of thioether (sulfide) groups is 1. The van der Waals surface area contributed by atoms with Crippen LogP contribution in [-0.4, -0.2) is 34.4 Å². The van der Waals surface area contributed by atoms with Crippen molar-refractivity contribution in [3.63, 3.8) is 0 Å². The Hall–Kier alpha value is -0.910. The third kappa shape index (κ3) is 2.87. The second kappa shape index (κ2) is 5.38. The number of halogens is 1. The zero-order valence-corrected chi connectivity index (χ0v) is 14.4. The molecule has 0 unspecified atom stereocenters. The van der Waals surface area contributed by atoms with Gasteiger partial charge in [-0.05, 0) is 32.0 Å². The Balaban J connectivity index is 1.96. The fourth-order valence-electron chi connectivity index (χ4n) is 2.58. The summed E-state index contributed by atoms with van der Waals surface area (Å²) in [6.07, 6.45) is 0. The molecule has 2 heterocycles. The van der Waals surface area contributed by atoms with Crippen LogP contribution in [0, 0.1) is 0 Å². The highest BCUT2D eigenvalue weighted by molar-refractivity contribution is 8.00. The fraction of sp³-hybridized carbons (Fsp3) is 0.400. The second-order valence-corrected chi connectivity index (χ2v) is 9.11. The van der Waals surface area contributed by atoms with Gasteiger partial charge in [-0.1, -0.05) is 11.6 Å². The van der Waals surface area contributed by atoms with Crippen molar-refractivity contribution >= 4 is 56.4 Å². The largest absolute Gasteiger partial charge is 0.397 e. The highest BCUT2D eigenvalue weighted by atomic mass is 35.5. The summed E-state index contributed by atoms with van der Waals surface area (Å²) in [6.45, 7) is 5.88. The van der Waals surface area contributed by atoms with Gasteiger partial charge in [0.1, 0.15) is 4.88 Å². The van der Waals surface area contributed by atoms with Gasteiger partial charge in [-0.15, -0.1) is 11.3 Å². The van der Waals surface area contributed by atoms with E-state index in [1.54, 1.807) is 0 Å². The smallest absolute Gasteiger partial charge is 0.266 e. The number of carbonyl (C=O) groups excluding carboxylic acids is 1. The molecule has 1 fully saturated rings. The molecule has 2 aromatic rings. The fourth-order valence-corrected chi connectivity index (χ4v) is 5.06. The minimum atomic E-state index is 0.0400. The lowest BCUT2D eigenvalue weighted by Gasteiger charge is -2.37. The Morgan fingerprint density at radius 2 is 2.19 bits per heavy atom. The molecule has 0 saturated carbocycles. The number of carbonyl (C=O) groups is 1. The minimum Gasteiger partial charge on any atom is -0.397 e. The van der Waals surface area contributed by atoms with Gasteiger partial charge in [-0.25, -0.2) is 0 Å². The van der Waals surface area contributed by atoms with E-state index >= 15 is 0 Å².